The Kier molecular flexibility index (Phi) is 7.65. The molecule has 2 heterocycles. The van der Waals surface area contributed by atoms with Gasteiger partial charge in [-0.2, -0.15) is 0 Å². The van der Waals surface area contributed by atoms with Crippen LogP contribution in [0.4, 0.5) is 0 Å². The number of esters is 1. The van der Waals surface area contributed by atoms with Crippen LogP contribution in [0, 0.1) is 0 Å². The lowest BCUT2D eigenvalue weighted by Gasteiger charge is -2.28. The molecule has 1 aliphatic heterocycles. The van der Waals surface area contributed by atoms with E-state index >= 15 is 0 Å². The van der Waals surface area contributed by atoms with Gasteiger partial charge in [-0.1, -0.05) is 67.1 Å². The first-order valence-electron chi connectivity index (χ1n) is 12.9. The van der Waals surface area contributed by atoms with Gasteiger partial charge in [-0.05, 0) is 54.0 Å². The number of hydrogen-bond acceptors (Lipinski definition) is 7. The molecule has 1 atom stereocenters. The molecule has 0 bridgehead atoms. The normalized spacial score (nSPS) is 15.2. The number of rotatable bonds is 8. The molecule has 1 aliphatic rings. The van der Waals surface area contributed by atoms with Crippen LogP contribution in [0.1, 0.15) is 43.9 Å². The number of hydrogen-bond donors (Lipinski definition) is 0. The topological polar surface area (TPSA) is 79.1 Å². The van der Waals surface area contributed by atoms with Crippen molar-refractivity contribution in [3.8, 4) is 11.5 Å². The molecule has 200 valence electrons. The molecule has 0 saturated carbocycles. The summed E-state index contributed by atoms with van der Waals surface area (Å²) in [5.41, 5.74) is 2.33. The maximum Gasteiger partial charge on any atom is 0.338 e. The average Bonchev–Trinajstić information content (AvgIpc) is 3.26. The van der Waals surface area contributed by atoms with Gasteiger partial charge in [0, 0.05) is 5.56 Å². The lowest BCUT2D eigenvalue weighted by molar-refractivity contribution is -0.139. The van der Waals surface area contributed by atoms with Crippen LogP contribution in [0.15, 0.2) is 81.7 Å². The van der Waals surface area contributed by atoms with Crippen molar-refractivity contribution >= 4 is 34.2 Å². The van der Waals surface area contributed by atoms with Crippen molar-refractivity contribution in [3.63, 3.8) is 0 Å². The minimum absolute atomic E-state index is 0.210. The summed E-state index contributed by atoms with van der Waals surface area (Å²) in [6.07, 6.45) is 3.18. The monoisotopic (exact) mass is 542 g/mol. The van der Waals surface area contributed by atoms with Crippen molar-refractivity contribution in [2.75, 3.05) is 20.8 Å². The molecule has 3 aromatic carbocycles. The van der Waals surface area contributed by atoms with Crippen LogP contribution in [-0.4, -0.2) is 31.4 Å². The second-order valence-electron chi connectivity index (χ2n) is 9.09. The second-order valence-corrected chi connectivity index (χ2v) is 10.1. The Morgan fingerprint density at radius 1 is 1.05 bits per heavy atom. The summed E-state index contributed by atoms with van der Waals surface area (Å²) in [6, 6.07) is 18.5. The Hall–Kier alpha value is -4.17. The van der Waals surface area contributed by atoms with E-state index in [4.69, 9.17) is 19.2 Å². The molecule has 0 fully saturated rings. The molecule has 0 radical (unpaired) electrons. The number of nitrogens with zero attached hydrogens (tertiary/aromatic N) is 2. The van der Waals surface area contributed by atoms with E-state index in [9.17, 15) is 9.59 Å². The van der Waals surface area contributed by atoms with Gasteiger partial charge in [0.15, 0.2) is 4.80 Å². The Labute approximate surface area is 230 Å². The van der Waals surface area contributed by atoms with Crippen LogP contribution >= 0.6 is 11.3 Å². The number of allylic oxidation sites excluding steroid dienone is 1. The molecule has 39 heavy (non-hydrogen) atoms. The standard InChI is InChI=1S/C31H30N2O5S/c1-5-10-23-27(30(35)38-6-2)28(26-22-14-8-7-12-20(22)15-16-24(26)37-4)33-29(34)25(39-31(33)32-23)18-19-11-9-13-21(17-19)36-3/h7-9,11-18,28H,5-6,10H2,1-4H3/b25-18+/t28-/m1/s1. The van der Waals surface area contributed by atoms with Crippen LogP contribution < -0.4 is 24.4 Å². The molecule has 5 rings (SSSR count). The molecular weight excluding hydrogens is 512 g/mol. The van der Waals surface area contributed by atoms with E-state index in [2.05, 4.69) is 0 Å². The Bertz CT molecular complexity index is 1770. The summed E-state index contributed by atoms with van der Waals surface area (Å²) in [7, 11) is 3.21. The fourth-order valence-corrected chi connectivity index (χ4v) is 6.03. The fourth-order valence-electron chi connectivity index (χ4n) is 5.01. The van der Waals surface area contributed by atoms with E-state index in [0.29, 0.717) is 38.5 Å². The zero-order valence-electron chi connectivity index (χ0n) is 22.4. The number of ether oxygens (including phenoxy) is 3. The van der Waals surface area contributed by atoms with Crippen molar-refractivity contribution in [1.29, 1.82) is 0 Å². The highest BCUT2D eigenvalue weighted by Crippen LogP contribution is 2.41. The number of fused-ring (bicyclic) bond motifs is 2. The summed E-state index contributed by atoms with van der Waals surface area (Å²) in [5.74, 6) is 0.803. The molecule has 0 spiro atoms. The van der Waals surface area contributed by atoms with E-state index in [-0.39, 0.29) is 12.2 Å². The molecule has 1 aromatic heterocycles. The molecule has 0 aliphatic carbocycles. The van der Waals surface area contributed by atoms with Crippen LogP contribution in [0.5, 0.6) is 11.5 Å². The summed E-state index contributed by atoms with van der Waals surface area (Å²) in [6.45, 7) is 4.02. The molecule has 8 heteroatoms. The van der Waals surface area contributed by atoms with E-state index in [1.807, 2.05) is 73.7 Å². The summed E-state index contributed by atoms with van der Waals surface area (Å²) in [5, 5.41) is 1.87. The van der Waals surface area contributed by atoms with Crippen molar-refractivity contribution < 1.29 is 19.0 Å². The molecule has 0 N–H and O–H groups in total. The second kappa shape index (κ2) is 11.3. The third-order valence-corrected chi connectivity index (χ3v) is 7.69. The smallest absolute Gasteiger partial charge is 0.338 e. The van der Waals surface area contributed by atoms with Crippen molar-refractivity contribution in [1.82, 2.24) is 4.57 Å². The first-order valence-corrected chi connectivity index (χ1v) is 13.7. The Balaban J connectivity index is 1.87. The third-order valence-electron chi connectivity index (χ3n) is 6.71. The molecule has 0 saturated heterocycles. The maximum atomic E-state index is 14.1. The third kappa shape index (κ3) is 4.88. The van der Waals surface area contributed by atoms with Gasteiger partial charge in [0.2, 0.25) is 0 Å². The highest BCUT2D eigenvalue weighted by Gasteiger charge is 2.37. The largest absolute Gasteiger partial charge is 0.497 e. The summed E-state index contributed by atoms with van der Waals surface area (Å²) in [4.78, 5) is 33.1. The number of carbonyl (C=O) groups is 1. The number of carbonyl (C=O) groups excluding carboxylic acids is 1. The Morgan fingerprint density at radius 2 is 1.87 bits per heavy atom. The van der Waals surface area contributed by atoms with Gasteiger partial charge >= 0.3 is 5.97 Å². The zero-order valence-corrected chi connectivity index (χ0v) is 23.2. The minimum Gasteiger partial charge on any atom is -0.497 e. The van der Waals surface area contributed by atoms with Crippen LogP contribution in [-0.2, 0) is 9.53 Å². The van der Waals surface area contributed by atoms with Crippen LogP contribution in [0.3, 0.4) is 0 Å². The van der Waals surface area contributed by atoms with Gasteiger partial charge in [0.1, 0.15) is 17.5 Å². The highest BCUT2D eigenvalue weighted by atomic mass is 32.1. The molecule has 4 aromatic rings. The van der Waals surface area contributed by atoms with Crippen molar-refractivity contribution in [2.24, 2.45) is 4.99 Å². The molecule has 0 amide bonds. The summed E-state index contributed by atoms with van der Waals surface area (Å²) < 4.78 is 18.9. The lowest BCUT2D eigenvalue weighted by atomic mass is 9.90. The fraction of sp³-hybridized carbons (Fsp3) is 0.258. The van der Waals surface area contributed by atoms with E-state index in [0.717, 1.165) is 28.3 Å². The van der Waals surface area contributed by atoms with Gasteiger partial charge in [-0.15, -0.1) is 0 Å². The SMILES string of the molecule is CCCC1=C(C(=O)OCC)[C@@H](c2c(OC)ccc3ccccc23)n2c(s/c(=C/c3cccc(OC)c3)c2=O)=N1. The molecule has 7 nitrogen and oxygen atoms in total. The number of benzene rings is 3. The lowest BCUT2D eigenvalue weighted by Crippen LogP contribution is -2.40. The van der Waals surface area contributed by atoms with E-state index < -0.39 is 12.0 Å². The van der Waals surface area contributed by atoms with E-state index in [1.165, 1.54) is 11.3 Å². The highest BCUT2D eigenvalue weighted by molar-refractivity contribution is 7.07. The maximum absolute atomic E-state index is 14.1. The van der Waals surface area contributed by atoms with Crippen LogP contribution in [0.25, 0.3) is 16.8 Å². The first kappa shape index (κ1) is 26.4. The number of thiazole rings is 1. The molecular formula is C31H30N2O5S. The number of aromatic nitrogens is 1. The van der Waals surface area contributed by atoms with Gasteiger partial charge in [-0.25, -0.2) is 9.79 Å². The predicted molar refractivity (Wildman–Crippen MR) is 153 cm³/mol. The van der Waals surface area contributed by atoms with Gasteiger partial charge in [-0.3, -0.25) is 9.36 Å². The van der Waals surface area contributed by atoms with Gasteiger partial charge in [0.05, 0.1) is 36.6 Å². The summed E-state index contributed by atoms with van der Waals surface area (Å²) >= 11 is 1.30. The molecule has 0 unspecified atom stereocenters. The van der Waals surface area contributed by atoms with Crippen molar-refractivity contribution in [3.05, 3.63) is 103 Å². The van der Waals surface area contributed by atoms with Crippen LogP contribution in [0.2, 0.25) is 0 Å². The zero-order chi connectivity index (χ0) is 27.5. The first-order chi connectivity index (χ1) is 19.0. The Morgan fingerprint density at radius 3 is 2.62 bits per heavy atom. The van der Waals surface area contributed by atoms with Crippen molar-refractivity contribution in [2.45, 2.75) is 32.7 Å². The average molecular weight is 543 g/mol. The quantitative estimate of drug-likeness (QED) is 0.300. The number of methoxy groups -OCH3 is 2. The van der Waals surface area contributed by atoms with Gasteiger partial charge in [0.25, 0.3) is 5.56 Å². The van der Waals surface area contributed by atoms with Gasteiger partial charge < -0.3 is 14.2 Å². The minimum atomic E-state index is -0.768. The van der Waals surface area contributed by atoms with E-state index in [1.54, 1.807) is 25.7 Å². The predicted octanol–water partition coefficient (Wildman–Crippen LogP) is 4.75.